The number of benzene rings is 1. The molecule has 0 aromatic heterocycles. The van der Waals surface area contributed by atoms with E-state index in [4.69, 9.17) is 4.74 Å². The Labute approximate surface area is 125 Å². The van der Waals surface area contributed by atoms with Crippen molar-refractivity contribution in [3.05, 3.63) is 34.9 Å². The molecule has 1 aromatic rings. The predicted octanol–water partition coefficient (Wildman–Crippen LogP) is 2.70. The highest BCUT2D eigenvalue weighted by molar-refractivity contribution is 5.89. The van der Waals surface area contributed by atoms with Crippen molar-refractivity contribution in [3.63, 3.8) is 0 Å². The van der Waals surface area contributed by atoms with E-state index in [1.807, 2.05) is 6.07 Å². The highest BCUT2D eigenvalue weighted by Gasteiger charge is 2.34. The largest absolute Gasteiger partial charge is 0.478 e. The minimum absolute atomic E-state index is 0.0495. The summed E-state index contributed by atoms with van der Waals surface area (Å²) in [4.78, 5) is 13.8. The van der Waals surface area contributed by atoms with E-state index in [9.17, 15) is 9.90 Å². The van der Waals surface area contributed by atoms with Crippen LogP contribution in [0.2, 0.25) is 0 Å². The van der Waals surface area contributed by atoms with Gasteiger partial charge in [0.15, 0.2) is 0 Å². The van der Waals surface area contributed by atoms with Gasteiger partial charge in [0.2, 0.25) is 0 Å². The minimum atomic E-state index is -0.813. The van der Waals surface area contributed by atoms with Crippen LogP contribution in [0.4, 0.5) is 0 Å². The van der Waals surface area contributed by atoms with Crippen LogP contribution in [0.1, 0.15) is 48.2 Å². The Morgan fingerprint density at radius 1 is 1.43 bits per heavy atom. The molecule has 1 unspecified atom stereocenters. The summed E-state index contributed by atoms with van der Waals surface area (Å²) in [6.07, 6.45) is 2.94. The van der Waals surface area contributed by atoms with Gasteiger partial charge in [-0.2, -0.15) is 0 Å². The van der Waals surface area contributed by atoms with Crippen LogP contribution in [0.15, 0.2) is 18.2 Å². The summed E-state index contributed by atoms with van der Waals surface area (Å²) in [6.45, 7) is 6.92. The monoisotopic (exact) mass is 289 g/mol. The molecule has 1 N–H and O–H groups in total. The van der Waals surface area contributed by atoms with Crippen LogP contribution in [0.25, 0.3) is 0 Å². The van der Waals surface area contributed by atoms with Crippen molar-refractivity contribution in [2.75, 3.05) is 13.2 Å². The molecule has 1 aromatic carbocycles. The van der Waals surface area contributed by atoms with Crippen LogP contribution in [0.3, 0.4) is 0 Å². The van der Waals surface area contributed by atoms with Gasteiger partial charge in [0, 0.05) is 25.7 Å². The number of aromatic carboxylic acids is 1. The Hall–Kier alpha value is -1.39. The third-order valence-corrected chi connectivity index (χ3v) is 4.71. The lowest BCUT2D eigenvalue weighted by molar-refractivity contribution is -0.0851. The van der Waals surface area contributed by atoms with Crippen LogP contribution < -0.4 is 0 Å². The second-order valence-electron chi connectivity index (χ2n) is 6.72. The summed E-state index contributed by atoms with van der Waals surface area (Å²) >= 11 is 0. The van der Waals surface area contributed by atoms with Gasteiger partial charge in [-0.1, -0.05) is 12.1 Å². The third kappa shape index (κ3) is 2.97. The molecule has 0 bridgehead atoms. The van der Waals surface area contributed by atoms with Crippen LogP contribution >= 0.6 is 0 Å². The van der Waals surface area contributed by atoms with Crippen LogP contribution in [-0.2, 0) is 17.7 Å². The molecule has 0 saturated carbocycles. The predicted molar refractivity (Wildman–Crippen MR) is 80.6 cm³/mol. The number of rotatable bonds is 2. The molecule has 21 heavy (non-hydrogen) atoms. The van der Waals surface area contributed by atoms with Gasteiger partial charge in [-0.05, 0) is 50.3 Å². The van der Waals surface area contributed by atoms with Gasteiger partial charge in [0.25, 0.3) is 0 Å². The number of ether oxygens (including phenoxy) is 1. The highest BCUT2D eigenvalue weighted by atomic mass is 16.5. The van der Waals surface area contributed by atoms with Gasteiger partial charge < -0.3 is 9.84 Å². The van der Waals surface area contributed by atoms with Gasteiger partial charge in [0.05, 0.1) is 11.2 Å². The fraction of sp³-hybridized carbons (Fsp3) is 0.588. The lowest BCUT2D eigenvalue weighted by Gasteiger charge is -2.43. The highest BCUT2D eigenvalue weighted by Crippen LogP contribution is 2.31. The van der Waals surface area contributed by atoms with E-state index in [-0.39, 0.29) is 5.60 Å². The van der Waals surface area contributed by atoms with Crippen LogP contribution in [0, 0.1) is 0 Å². The van der Waals surface area contributed by atoms with E-state index in [0.29, 0.717) is 11.6 Å². The third-order valence-electron chi connectivity index (χ3n) is 4.71. The zero-order valence-electron chi connectivity index (χ0n) is 12.8. The molecule has 4 heteroatoms. The molecule has 2 heterocycles. The van der Waals surface area contributed by atoms with Crippen molar-refractivity contribution in [2.24, 2.45) is 0 Å². The first-order chi connectivity index (χ1) is 9.96. The van der Waals surface area contributed by atoms with E-state index in [0.717, 1.165) is 44.5 Å². The van der Waals surface area contributed by atoms with Crippen molar-refractivity contribution < 1.29 is 14.6 Å². The fourth-order valence-electron chi connectivity index (χ4n) is 3.65. The number of nitrogens with zero attached hydrogens (tertiary/aromatic N) is 1. The quantitative estimate of drug-likeness (QED) is 0.909. The fourth-order valence-corrected chi connectivity index (χ4v) is 3.65. The molecule has 0 spiro atoms. The average Bonchev–Trinajstić information content (AvgIpc) is 2.44. The molecule has 1 saturated heterocycles. The minimum Gasteiger partial charge on any atom is -0.478 e. The SMILES string of the molecule is CC1(C)CC(N2CCc3c(cccc3C(=O)O)C2)CCO1. The Balaban J connectivity index is 1.79. The zero-order valence-corrected chi connectivity index (χ0v) is 12.8. The number of fused-ring (bicyclic) bond motifs is 1. The van der Waals surface area contributed by atoms with Gasteiger partial charge >= 0.3 is 5.97 Å². The molecule has 0 radical (unpaired) electrons. The Kier molecular flexibility index (Phi) is 3.76. The molecule has 2 aliphatic rings. The van der Waals surface area contributed by atoms with Crippen LogP contribution in [0.5, 0.6) is 0 Å². The molecule has 0 aliphatic carbocycles. The lowest BCUT2D eigenvalue weighted by atomic mass is 9.89. The summed E-state index contributed by atoms with van der Waals surface area (Å²) in [5, 5.41) is 9.29. The van der Waals surface area contributed by atoms with Crippen molar-refractivity contribution in [2.45, 2.75) is 51.3 Å². The maximum Gasteiger partial charge on any atom is 0.335 e. The van der Waals surface area contributed by atoms with Gasteiger partial charge in [-0.3, -0.25) is 4.90 Å². The first kappa shape index (κ1) is 14.5. The van der Waals surface area contributed by atoms with Gasteiger partial charge in [-0.15, -0.1) is 0 Å². The molecular weight excluding hydrogens is 266 g/mol. The normalized spacial score (nSPS) is 25.3. The van der Waals surface area contributed by atoms with E-state index in [1.54, 1.807) is 6.07 Å². The molecule has 4 nitrogen and oxygen atoms in total. The number of carboxylic acids is 1. The van der Waals surface area contributed by atoms with Crippen molar-refractivity contribution in [1.29, 1.82) is 0 Å². The van der Waals surface area contributed by atoms with Crippen molar-refractivity contribution >= 4 is 5.97 Å². The van der Waals surface area contributed by atoms with E-state index in [2.05, 4.69) is 24.8 Å². The van der Waals surface area contributed by atoms with Gasteiger partial charge in [0.1, 0.15) is 0 Å². The average molecular weight is 289 g/mol. The second kappa shape index (κ2) is 5.43. The molecule has 1 atom stereocenters. The summed E-state index contributed by atoms with van der Waals surface area (Å²) in [5.74, 6) is -0.813. The first-order valence-corrected chi connectivity index (χ1v) is 7.68. The first-order valence-electron chi connectivity index (χ1n) is 7.68. The van der Waals surface area contributed by atoms with E-state index >= 15 is 0 Å². The van der Waals surface area contributed by atoms with Crippen LogP contribution in [-0.4, -0.2) is 40.8 Å². The molecule has 1 fully saturated rings. The topological polar surface area (TPSA) is 49.8 Å². The second-order valence-corrected chi connectivity index (χ2v) is 6.72. The Morgan fingerprint density at radius 3 is 2.95 bits per heavy atom. The maximum absolute atomic E-state index is 11.3. The maximum atomic E-state index is 11.3. The molecular formula is C17H23NO3. The molecule has 2 aliphatic heterocycles. The summed E-state index contributed by atoms with van der Waals surface area (Å²) in [6, 6.07) is 6.18. The summed E-state index contributed by atoms with van der Waals surface area (Å²) in [7, 11) is 0. The zero-order chi connectivity index (χ0) is 15.0. The summed E-state index contributed by atoms with van der Waals surface area (Å²) < 4.78 is 5.80. The van der Waals surface area contributed by atoms with E-state index in [1.165, 1.54) is 5.56 Å². The van der Waals surface area contributed by atoms with Crippen molar-refractivity contribution in [3.8, 4) is 0 Å². The lowest BCUT2D eigenvalue weighted by Crippen LogP contribution is -2.47. The number of hydrogen-bond acceptors (Lipinski definition) is 3. The molecule has 0 amide bonds. The van der Waals surface area contributed by atoms with Gasteiger partial charge in [-0.25, -0.2) is 4.79 Å². The molecule has 114 valence electrons. The Morgan fingerprint density at radius 2 is 2.24 bits per heavy atom. The molecule has 3 rings (SSSR count). The number of carbonyl (C=O) groups is 1. The van der Waals surface area contributed by atoms with E-state index < -0.39 is 5.97 Å². The van der Waals surface area contributed by atoms with Crippen molar-refractivity contribution in [1.82, 2.24) is 4.90 Å². The Bertz CT molecular complexity index is 553. The standard InChI is InChI=1S/C17H23NO3/c1-17(2)10-13(7-9-21-17)18-8-6-14-12(11-18)4-3-5-15(14)16(19)20/h3-5,13H,6-11H2,1-2H3,(H,19,20). The number of carboxylic acid groups (broad SMARTS) is 1. The number of hydrogen-bond donors (Lipinski definition) is 1. The summed E-state index contributed by atoms with van der Waals surface area (Å²) in [5.41, 5.74) is 2.61. The smallest absolute Gasteiger partial charge is 0.335 e.